The zero-order valence-corrected chi connectivity index (χ0v) is 21.6. The molecule has 1 aliphatic rings. The van der Waals surface area contributed by atoms with E-state index in [2.05, 4.69) is 20.9 Å². The van der Waals surface area contributed by atoms with Crippen molar-refractivity contribution >= 4 is 17.7 Å². The summed E-state index contributed by atoms with van der Waals surface area (Å²) >= 11 is 0. The molecule has 38 heavy (non-hydrogen) atoms. The van der Waals surface area contributed by atoms with Crippen LogP contribution in [0.2, 0.25) is 0 Å². The maximum atomic E-state index is 15.0. The highest BCUT2D eigenvalue weighted by Crippen LogP contribution is 2.29. The molecule has 1 aromatic heterocycles. The lowest BCUT2D eigenvalue weighted by Crippen LogP contribution is -2.30. The standard InChI is InChI=1S/C27H33FN6O4/c1-3-22(35)11-20-15-33(32-31-20)17-26(36)30-13-18-5-7-19(8-6-18)24-10-9-21(12-25(24)28)34-16-23(14-29-4-2)38-27(34)37/h5-10,12,15,22-23,29,35H,3-4,11,13-14,16-17H2,1-2H3,(H,30,36)/t22?,23-/m0/s1. The minimum atomic E-state index is -0.481. The summed E-state index contributed by atoms with van der Waals surface area (Å²) < 4.78 is 21.8. The van der Waals surface area contributed by atoms with Gasteiger partial charge in [0.05, 0.1) is 24.0 Å². The molecular weight excluding hydrogens is 491 g/mol. The number of carbonyl (C=O) groups is 2. The van der Waals surface area contributed by atoms with Crippen molar-refractivity contribution in [3.8, 4) is 11.1 Å². The second-order valence-corrected chi connectivity index (χ2v) is 9.24. The first-order chi connectivity index (χ1) is 18.4. The normalized spacial score (nSPS) is 15.9. The van der Waals surface area contributed by atoms with Gasteiger partial charge in [-0.2, -0.15) is 0 Å². The third kappa shape index (κ3) is 6.93. The fourth-order valence-corrected chi connectivity index (χ4v) is 4.15. The lowest BCUT2D eigenvalue weighted by Gasteiger charge is -2.15. The predicted molar refractivity (Wildman–Crippen MR) is 140 cm³/mol. The van der Waals surface area contributed by atoms with Crippen molar-refractivity contribution in [1.29, 1.82) is 0 Å². The Hall–Kier alpha value is -3.83. The number of hydrogen-bond acceptors (Lipinski definition) is 7. The Balaban J connectivity index is 1.31. The maximum Gasteiger partial charge on any atom is 0.414 e. The Labute approximate surface area is 220 Å². The Bertz CT molecular complexity index is 1250. The molecule has 0 aliphatic carbocycles. The van der Waals surface area contributed by atoms with E-state index >= 15 is 0 Å². The molecule has 11 heteroatoms. The van der Waals surface area contributed by atoms with E-state index in [1.165, 1.54) is 15.6 Å². The van der Waals surface area contributed by atoms with Crippen LogP contribution >= 0.6 is 0 Å². The van der Waals surface area contributed by atoms with Crippen LogP contribution in [0.15, 0.2) is 48.7 Å². The highest BCUT2D eigenvalue weighted by molar-refractivity contribution is 5.90. The number of hydrogen-bond donors (Lipinski definition) is 3. The Morgan fingerprint density at radius 3 is 2.74 bits per heavy atom. The molecule has 2 amide bonds. The molecule has 1 unspecified atom stereocenters. The van der Waals surface area contributed by atoms with Gasteiger partial charge < -0.3 is 20.5 Å². The summed E-state index contributed by atoms with van der Waals surface area (Å²) in [6, 6.07) is 11.9. The zero-order valence-electron chi connectivity index (χ0n) is 21.6. The summed E-state index contributed by atoms with van der Waals surface area (Å²) in [7, 11) is 0. The lowest BCUT2D eigenvalue weighted by atomic mass is 10.0. The number of likely N-dealkylation sites (N-methyl/N-ethyl adjacent to an activating group) is 1. The van der Waals surface area contributed by atoms with Crippen molar-refractivity contribution in [2.45, 2.75) is 52.0 Å². The van der Waals surface area contributed by atoms with Crippen molar-refractivity contribution in [1.82, 2.24) is 25.6 Å². The summed E-state index contributed by atoms with van der Waals surface area (Å²) in [5, 5.41) is 23.6. The minimum Gasteiger partial charge on any atom is -0.443 e. The van der Waals surface area contributed by atoms with E-state index in [9.17, 15) is 19.1 Å². The van der Waals surface area contributed by atoms with Gasteiger partial charge in [0.1, 0.15) is 18.5 Å². The van der Waals surface area contributed by atoms with Gasteiger partial charge in [-0.05, 0) is 42.3 Å². The van der Waals surface area contributed by atoms with E-state index < -0.39 is 18.0 Å². The molecule has 2 aromatic carbocycles. The van der Waals surface area contributed by atoms with Gasteiger partial charge in [-0.15, -0.1) is 5.10 Å². The molecule has 0 spiro atoms. The summed E-state index contributed by atoms with van der Waals surface area (Å²) in [6.07, 6.45) is 1.44. The molecule has 0 radical (unpaired) electrons. The van der Waals surface area contributed by atoms with Gasteiger partial charge in [0, 0.05) is 31.3 Å². The van der Waals surface area contributed by atoms with E-state index in [0.29, 0.717) is 55.0 Å². The summed E-state index contributed by atoms with van der Waals surface area (Å²) in [5.41, 5.74) is 3.04. The van der Waals surface area contributed by atoms with E-state index in [0.717, 1.165) is 12.1 Å². The first kappa shape index (κ1) is 27.2. The van der Waals surface area contributed by atoms with Gasteiger partial charge in [-0.25, -0.2) is 13.9 Å². The molecule has 0 saturated carbocycles. The molecular formula is C27H33FN6O4. The van der Waals surface area contributed by atoms with Gasteiger partial charge >= 0.3 is 6.09 Å². The van der Waals surface area contributed by atoms with E-state index in [1.807, 2.05) is 26.0 Å². The number of anilines is 1. The van der Waals surface area contributed by atoms with Crippen LogP contribution in [0, 0.1) is 5.82 Å². The van der Waals surface area contributed by atoms with Gasteiger partial charge in [0.15, 0.2) is 0 Å². The highest BCUT2D eigenvalue weighted by atomic mass is 19.1. The van der Waals surface area contributed by atoms with Gasteiger partial charge in [-0.3, -0.25) is 9.69 Å². The number of ether oxygens (including phenoxy) is 1. The topological polar surface area (TPSA) is 122 Å². The number of nitrogens with zero attached hydrogens (tertiary/aromatic N) is 4. The molecule has 1 fully saturated rings. The van der Waals surface area contributed by atoms with E-state index in [-0.39, 0.29) is 18.6 Å². The average Bonchev–Trinajstić information content (AvgIpc) is 3.51. The second-order valence-electron chi connectivity index (χ2n) is 9.24. The maximum absolute atomic E-state index is 15.0. The number of aliphatic hydroxyl groups excluding tert-OH is 1. The van der Waals surface area contributed by atoms with Gasteiger partial charge in [-0.1, -0.05) is 43.3 Å². The molecule has 202 valence electrons. The van der Waals surface area contributed by atoms with Crippen LogP contribution in [-0.4, -0.2) is 63.9 Å². The van der Waals surface area contributed by atoms with Gasteiger partial charge in [0.2, 0.25) is 5.91 Å². The van der Waals surface area contributed by atoms with Crippen molar-refractivity contribution < 1.29 is 23.8 Å². The van der Waals surface area contributed by atoms with E-state index in [4.69, 9.17) is 4.74 Å². The Morgan fingerprint density at radius 2 is 2.03 bits per heavy atom. The molecule has 4 rings (SSSR count). The molecule has 3 aromatic rings. The SMILES string of the molecule is CCNC[C@H]1CN(c2ccc(-c3ccc(CNC(=O)Cn4cc(CC(O)CC)nn4)cc3)c(F)c2)C(=O)O1. The molecule has 1 saturated heterocycles. The fraction of sp³-hybridized carbons (Fsp3) is 0.407. The second kappa shape index (κ2) is 12.6. The monoisotopic (exact) mass is 524 g/mol. The molecule has 10 nitrogen and oxygen atoms in total. The van der Waals surface area contributed by atoms with Crippen LogP contribution in [0.5, 0.6) is 0 Å². The number of cyclic esters (lactones) is 1. The van der Waals surface area contributed by atoms with Crippen LogP contribution in [-0.2, 0) is 29.0 Å². The number of benzene rings is 2. The summed E-state index contributed by atoms with van der Waals surface area (Å²) in [5.74, 6) is -0.665. The third-order valence-electron chi connectivity index (χ3n) is 6.32. The zero-order chi connectivity index (χ0) is 27.1. The largest absolute Gasteiger partial charge is 0.443 e. The molecule has 2 heterocycles. The molecule has 3 N–H and O–H groups in total. The van der Waals surface area contributed by atoms with Crippen LogP contribution in [0.3, 0.4) is 0 Å². The average molecular weight is 525 g/mol. The number of halogens is 1. The van der Waals surface area contributed by atoms with Gasteiger partial charge in [0.25, 0.3) is 0 Å². The number of rotatable bonds is 12. The number of nitrogens with one attached hydrogen (secondary N) is 2. The smallest absolute Gasteiger partial charge is 0.414 e. The third-order valence-corrected chi connectivity index (χ3v) is 6.32. The number of aliphatic hydroxyl groups is 1. The first-order valence-corrected chi connectivity index (χ1v) is 12.8. The van der Waals surface area contributed by atoms with Crippen LogP contribution in [0.1, 0.15) is 31.5 Å². The Morgan fingerprint density at radius 1 is 1.24 bits per heavy atom. The van der Waals surface area contributed by atoms with Crippen molar-refractivity contribution in [3.05, 3.63) is 65.7 Å². The van der Waals surface area contributed by atoms with E-state index in [1.54, 1.807) is 30.5 Å². The number of carbonyl (C=O) groups excluding carboxylic acids is 2. The van der Waals surface area contributed by atoms with Crippen LogP contribution in [0.25, 0.3) is 11.1 Å². The fourth-order valence-electron chi connectivity index (χ4n) is 4.15. The molecule has 1 aliphatic heterocycles. The summed E-state index contributed by atoms with van der Waals surface area (Å²) in [6.45, 7) is 5.88. The summed E-state index contributed by atoms with van der Waals surface area (Å²) in [4.78, 5) is 26.0. The predicted octanol–water partition coefficient (Wildman–Crippen LogP) is 2.65. The van der Waals surface area contributed by atoms with Crippen molar-refractivity contribution in [2.24, 2.45) is 0 Å². The van der Waals surface area contributed by atoms with Crippen LogP contribution in [0.4, 0.5) is 14.9 Å². The highest BCUT2D eigenvalue weighted by Gasteiger charge is 2.32. The first-order valence-electron chi connectivity index (χ1n) is 12.8. The quantitative estimate of drug-likeness (QED) is 0.333. The van der Waals surface area contributed by atoms with Crippen molar-refractivity contribution in [2.75, 3.05) is 24.5 Å². The Kier molecular flexibility index (Phi) is 9.03. The van der Waals surface area contributed by atoms with Crippen LogP contribution < -0.4 is 15.5 Å². The van der Waals surface area contributed by atoms with Crippen molar-refractivity contribution in [3.63, 3.8) is 0 Å². The number of aromatic nitrogens is 3. The number of amides is 2. The lowest BCUT2D eigenvalue weighted by molar-refractivity contribution is -0.122. The minimum absolute atomic E-state index is 0.0191. The molecule has 2 atom stereocenters. The molecule has 0 bridgehead atoms.